The van der Waals surface area contributed by atoms with E-state index in [1.165, 1.54) is 0 Å². The highest BCUT2D eigenvalue weighted by Gasteiger charge is 2.29. The van der Waals surface area contributed by atoms with Crippen molar-refractivity contribution in [2.24, 2.45) is 11.8 Å². The summed E-state index contributed by atoms with van der Waals surface area (Å²) in [6.45, 7) is 4.32. The number of nitrogens with zero attached hydrogens (tertiary/aromatic N) is 4. The number of benzene rings is 1. The van der Waals surface area contributed by atoms with E-state index >= 15 is 4.39 Å². The molecule has 0 spiro atoms. The zero-order valence-corrected chi connectivity index (χ0v) is 23.2. The molecule has 10 nitrogen and oxygen atoms in total. The van der Waals surface area contributed by atoms with Crippen LogP contribution in [0.25, 0.3) is 0 Å². The number of carbonyl (C=O) groups excluding carboxylic acids is 2. The summed E-state index contributed by atoms with van der Waals surface area (Å²) in [4.78, 5) is 37.6. The highest BCUT2D eigenvalue weighted by molar-refractivity contribution is 6.28. The Kier molecular flexibility index (Phi) is 10.2. The lowest BCUT2D eigenvalue weighted by atomic mass is 9.92. The van der Waals surface area contributed by atoms with Crippen molar-refractivity contribution < 1.29 is 18.7 Å². The SMILES string of the molecule is C[C@@H]1CN(C)CCN1c1nc(Cl)nc(NNC(=O)[C@@H](CNC(=O)OCc2ccccc2)CC2CCCC2)c1F. The number of hydrazine groups is 1. The number of ether oxygens (including phenoxy) is 1. The highest BCUT2D eigenvalue weighted by Crippen LogP contribution is 2.31. The Morgan fingerprint density at radius 2 is 1.92 bits per heavy atom. The molecule has 1 aliphatic heterocycles. The van der Waals surface area contributed by atoms with E-state index in [0.29, 0.717) is 18.9 Å². The maximum Gasteiger partial charge on any atom is 0.407 e. The fraction of sp³-hybridized carbons (Fsp3) is 0.556. The first-order valence-electron chi connectivity index (χ1n) is 13.5. The van der Waals surface area contributed by atoms with Crippen molar-refractivity contribution in [1.29, 1.82) is 0 Å². The number of piperazine rings is 1. The molecule has 1 saturated heterocycles. The fourth-order valence-corrected chi connectivity index (χ4v) is 5.44. The van der Waals surface area contributed by atoms with Crippen molar-refractivity contribution in [3.8, 4) is 0 Å². The van der Waals surface area contributed by atoms with E-state index in [4.69, 9.17) is 16.3 Å². The number of aromatic nitrogens is 2. The van der Waals surface area contributed by atoms with Crippen LogP contribution in [0.15, 0.2) is 30.3 Å². The van der Waals surface area contributed by atoms with Gasteiger partial charge < -0.3 is 19.9 Å². The van der Waals surface area contributed by atoms with Gasteiger partial charge in [0.1, 0.15) is 6.61 Å². The van der Waals surface area contributed by atoms with Crippen LogP contribution in [0.2, 0.25) is 5.28 Å². The predicted octanol–water partition coefficient (Wildman–Crippen LogP) is 3.98. The minimum Gasteiger partial charge on any atom is -0.445 e. The molecule has 4 rings (SSSR count). The number of nitrogens with one attached hydrogen (secondary N) is 3. The third-order valence-electron chi connectivity index (χ3n) is 7.38. The normalized spacial score (nSPS) is 19.0. The Hall–Kier alpha value is -3.18. The van der Waals surface area contributed by atoms with Crippen molar-refractivity contribution in [2.45, 2.75) is 51.7 Å². The van der Waals surface area contributed by atoms with Gasteiger partial charge in [-0.3, -0.25) is 15.6 Å². The Morgan fingerprint density at radius 1 is 1.18 bits per heavy atom. The molecule has 12 heteroatoms. The molecule has 2 aliphatic rings. The van der Waals surface area contributed by atoms with Gasteiger partial charge in [0.25, 0.3) is 0 Å². The first-order valence-corrected chi connectivity index (χ1v) is 13.9. The molecule has 0 bridgehead atoms. The van der Waals surface area contributed by atoms with E-state index in [1.54, 1.807) is 0 Å². The fourth-order valence-electron chi connectivity index (χ4n) is 5.27. The molecule has 1 aromatic carbocycles. The van der Waals surface area contributed by atoms with Crippen LogP contribution in [0.4, 0.5) is 20.8 Å². The van der Waals surface area contributed by atoms with Crippen molar-refractivity contribution in [1.82, 2.24) is 25.6 Å². The molecule has 2 heterocycles. The van der Waals surface area contributed by atoms with Crippen LogP contribution in [0.1, 0.15) is 44.6 Å². The number of anilines is 2. The smallest absolute Gasteiger partial charge is 0.407 e. The number of halogens is 2. The maximum atomic E-state index is 15.4. The first kappa shape index (κ1) is 28.8. The van der Waals surface area contributed by atoms with Gasteiger partial charge in [-0.15, -0.1) is 0 Å². The summed E-state index contributed by atoms with van der Waals surface area (Å²) < 4.78 is 20.7. The van der Waals surface area contributed by atoms with Crippen molar-refractivity contribution in [3.05, 3.63) is 47.0 Å². The largest absolute Gasteiger partial charge is 0.445 e. The molecule has 2 aromatic rings. The van der Waals surface area contributed by atoms with Crippen molar-refractivity contribution in [2.75, 3.05) is 43.6 Å². The highest BCUT2D eigenvalue weighted by atomic mass is 35.5. The average molecular weight is 562 g/mol. The topological polar surface area (TPSA) is 112 Å². The molecule has 0 radical (unpaired) electrons. The number of likely N-dealkylation sites (N-methyl/N-ethyl adjacent to an activating group) is 1. The van der Waals surface area contributed by atoms with E-state index in [-0.39, 0.29) is 42.0 Å². The van der Waals surface area contributed by atoms with Gasteiger partial charge in [0.15, 0.2) is 11.6 Å². The van der Waals surface area contributed by atoms with Gasteiger partial charge in [-0.05, 0) is 43.5 Å². The molecule has 1 aliphatic carbocycles. The van der Waals surface area contributed by atoms with Crippen LogP contribution < -0.4 is 21.1 Å². The summed E-state index contributed by atoms with van der Waals surface area (Å²) in [6.07, 6.45) is 4.33. The van der Waals surface area contributed by atoms with Crippen molar-refractivity contribution in [3.63, 3.8) is 0 Å². The number of rotatable bonds is 10. The summed E-state index contributed by atoms with van der Waals surface area (Å²) in [5.74, 6) is -1.34. The third kappa shape index (κ3) is 8.15. The Balaban J connectivity index is 1.37. The standard InChI is InChI=1S/C27H37ClFN7O3/c1-18-16-35(2)12-13-36(18)24-22(29)23(31-26(28)32-24)33-34-25(37)21(14-19-8-6-7-9-19)15-30-27(38)39-17-20-10-4-3-5-11-20/h3-5,10-11,18-19,21H,6-9,12-17H2,1-2H3,(H,30,38)(H,34,37)(H,31,32,33)/t18-,21-/m1/s1. The zero-order valence-electron chi connectivity index (χ0n) is 22.5. The molecule has 1 saturated carbocycles. The van der Waals surface area contributed by atoms with Crippen LogP contribution in [0, 0.1) is 17.7 Å². The minimum absolute atomic E-state index is 0.0233. The van der Waals surface area contributed by atoms with E-state index < -0.39 is 17.8 Å². The number of alkyl carbamates (subject to hydrolysis) is 1. The van der Waals surface area contributed by atoms with Crippen LogP contribution >= 0.6 is 11.6 Å². The quantitative estimate of drug-likeness (QED) is 0.295. The average Bonchev–Trinajstić information content (AvgIpc) is 3.44. The second-order valence-corrected chi connectivity index (χ2v) is 10.8. The number of carbonyl (C=O) groups is 2. The summed E-state index contributed by atoms with van der Waals surface area (Å²) >= 11 is 6.13. The summed E-state index contributed by atoms with van der Waals surface area (Å²) in [6, 6.07) is 9.38. The number of amides is 2. The van der Waals surface area contributed by atoms with Crippen molar-refractivity contribution >= 4 is 35.2 Å². The lowest BCUT2D eigenvalue weighted by molar-refractivity contribution is -0.124. The Morgan fingerprint density at radius 3 is 2.64 bits per heavy atom. The molecule has 2 atom stereocenters. The van der Waals surface area contributed by atoms with Gasteiger partial charge in [0.2, 0.25) is 17.0 Å². The molecule has 2 fully saturated rings. The van der Waals surface area contributed by atoms with E-state index in [0.717, 1.165) is 44.3 Å². The molecule has 3 N–H and O–H groups in total. The first-order chi connectivity index (χ1) is 18.8. The monoisotopic (exact) mass is 561 g/mol. The van der Waals surface area contributed by atoms with Gasteiger partial charge in [-0.2, -0.15) is 14.4 Å². The summed E-state index contributed by atoms with van der Waals surface area (Å²) in [5, 5.41) is 2.58. The third-order valence-corrected chi connectivity index (χ3v) is 7.55. The van der Waals surface area contributed by atoms with Gasteiger partial charge in [-0.25, -0.2) is 4.79 Å². The second kappa shape index (κ2) is 13.7. The summed E-state index contributed by atoms with van der Waals surface area (Å²) in [7, 11) is 2.01. The minimum atomic E-state index is -0.689. The molecule has 1 aromatic heterocycles. The molecular formula is C27H37ClFN7O3. The lowest BCUT2D eigenvalue weighted by Gasteiger charge is -2.39. The van der Waals surface area contributed by atoms with Crippen LogP contribution in [0.5, 0.6) is 0 Å². The van der Waals surface area contributed by atoms with E-state index in [1.807, 2.05) is 49.2 Å². The maximum absolute atomic E-state index is 15.4. The van der Waals surface area contributed by atoms with Crippen LogP contribution in [-0.2, 0) is 16.1 Å². The molecular weight excluding hydrogens is 525 g/mol. The van der Waals surface area contributed by atoms with Crippen LogP contribution in [0.3, 0.4) is 0 Å². The van der Waals surface area contributed by atoms with E-state index in [9.17, 15) is 9.59 Å². The molecule has 0 unspecified atom stereocenters. The number of hydrogen-bond acceptors (Lipinski definition) is 8. The lowest BCUT2D eigenvalue weighted by Crippen LogP contribution is -2.51. The van der Waals surface area contributed by atoms with E-state index in [2.05, 4.69) is 31.0 Å². The summed E-state index contributed by atoms with van der Waals surface area (Å²) in [5.41, 5.74) is 6.05. The molecule has 2 amide bonds. The Labute approximate surface area is 233 Å². The number of hydrogen-bond donors (Lipinski definition) is 3. The zero-order chi connectivity index (χ0) is 27.8. The molecule has 212 valence electrons. The molecule has 39 heavy (non-hydrogen) atoms. The van der Waals surface area contributed by atoms with Gasteiger partial charge in [0.05, 0.1) is 5.92 Å². The van der Waals surface area contributed by atoms with Crippen LogP contribution in [-0.4, -0.2) is 66.1 Å². The Bertz CT molecular complexity index is 1120. The van der Waals surface area contributed by atoms with Gasteiger partial charge in [-0.1, -0.05) is 56.0 Å². The van der Waals surface area contributed by atoms with Gasteiger partial charge >= 0.3 is 6.09 Å². The second-order valence-electron chi connectivity index (χ2n) is 10.4. The van der Waals surface area contributed by atoms with Gasteiger partial charge in [0, 0.05) is 32.2 Å². The predicted molar refractivity (Wildman–Crippen MR) is 148 cm³/mol.